The molecule has 1 saturated carbocycles. The van der Waals surface area contributed by atoms with Gasteiger partial charge in [-0.25, -0.2) is 8.78 Å². The second-order valence-corrected chi connectivity index (χ2v) is 5.73. The molecule has 1 N–H and O–H groups in total. The Bertz CT molecular complexity index is 267. The van der Waals surface area contributed by atoms with Gasteiger partial charge in [0, 0.05) is 12.8 Å². The van der Waals surface area contributed by atoms with Gasteiger partial charge in [-0.05, 0) is 30.3 Å². The highest BCUT2D eigenvalue weighted by Crippen LogP contribution is 2.58. The molecule has 0 spiro atoms. The van der Waals surface area contributed by atoms with E-state index in [1.54, 1.807) is 11.8 Å². The van der Waals surface area contributed by atoms with Crippen LogP contribution in [0.1, 0.15) is 25.7 Å². The van der Waals surface area contributed by atoms with Gasteiger partial charge in [0.1, 0.15) is 0 Å². The third-order valence-corrected chi connectivity index (χ3v) is 4.73. The summed E-state index contributed by atoms with van der Waals surface area (Å²) in [5, 5.41) is 9.13. The molecule has 1 atom stereocenters. The molecule has 15 heavy (non-hydrogen) atoms. The van der Waals surface area contributed by atoms with Crippen LogP contribution in [-0.2, 0) is 4.79 Å². The molecular formula is C10H14F2O2S. The van der Waals surface area contributed by atoms with Crippen LogP contribution in [0.5, 0.6) is 0 Å². The molecule has 2 fully saturated rings. The second-order valence-electron chi connectivity index (χ2n) is 4.58. The highest BCUT2D eigenvalue weighted by atomic mass is 32.2. The van der Waals surface area contributed by atoms with Crippen molar-refractivity contribution < 1.29 is 18.7 Å². The molecule has 1 saturated heterocycles. The Hall–Kier alpha value is -0.320. The van der Waals surface area contributed by atoms with E-state index in [1.165, 1.54) is 0 Å². The molecule has 0 aromatic rings. The van der Waals surface area contributed by atoms with Crippen molar-refractivity contribution >= 4 is 17.7 Å². The van der Waals surface area contributed by atoms with E-state index in [0.29, 0.717) is 0 Å². The Balaban J connectivity index is 2.10. The molecule has 86 valence electrons. The topological polar surface area (TPSA) is 37.3 Å². The summed E-state index contributed by atoms with van der Waals surface area (Å²) in [6.45, 7) is 0. The van der Waals surface area contributed by atoms with Gasteiger partial charge in [-0.3, -0.25) is 4.79 Å². The quantitative estimate of drug-likeness (QED) is 0.800. The predicted molar refractivity (Wildman–Crippen MR) is 54.3 cm³/mol. The van der Waals surface area contributed by atoms with Crippen LogP contribution in [-0.4, -0.2) is 28.5 Å². The van der Waals surface area contributed by atoms with Crippen molar-refractivity contribution in [2.45, 2.75) is 31.6 Å². The maximum Gasteiger partial charge on any atom is 0.310 e. The minimum atomic E-state index is -2.75. The van der Waals surface area contributed by atoms with Gasteiger partial charge in [0.15, 0.2) is 0 Å². The fraction of sp³-hybridized carbons (Fsp3) is 0.900. The van der Waals surface area contributed by atoms with E-state index in [1.807, 2.05) is 0 Å². The highest BCUT2D eigenvalue weighted by Gasteiger charge is 2.64. The van der Waals surface area contributed by atoms with Gasteiger partial charge in [0.25, 0.3) is 0 Å². The monoisotopic (exact) mass is 236 g/mol. The predicted octanol–water partition coefficient (Wildman–Crippen LogP) is 2.63. The summed E-state index contributed by atoms with van der Waals surface area (Å²) in [4.78, 5) is 11.1. The van der Waals surface area contributed by atoms with E-state index in [0.717, 1.165) is 24.3 Å². The van der Waals surface area contributed by atoms with Crippen molar-refractivity contribution in [3.05, 3.63) is 0 Å². The van der Waals surface area contributed by atoms with Gasteiger partial charge in [0.2, 0.25) is 5.92 Å². The molecule has 0 bridgehead atoms. The minimum Gasteiger partial charge on any atom is -0.481 e. The molecule has 0 amide bonds. The zero-order chi connectivity index (χ0) is 11.1. The summed E-state index contributed by atoms with van der Waals surface area (Å²) < 4.78 is 25.8. The van der Waals surface area contributed by atoms with Gasteiger partial charge in [-0.1, -0.05) is 0 Å². The van der Waals surface area contributed by atoms with Crippen LogP contribution < -0.4 is 0 Å². The van der Waals surface area contributed by atoms with Crippen molar-refractivity contribution in [3.63, 3.8) is 0 Å². The Morgan fingerprint density at radius 3 is 2.47 bits per heavy atom. The van der Waals surface area contributed by atoms with Crippen LogP contribution in [0.4, 0.5) is 8.78 Å². The van der Waals surface area contributed by atoms with Crippen LogP contribution >= 0.6 is 11.8 Å². The lowest BCUT2D eigenvalue weighted by atomic mass is 9.58. The van der Waals surface area contributed by atoms with Crippen molar-refractivity contribution in [3.8, 4) is 0 Å². The molecular weight excluding hydrogens is 222 g/mol. The standard InChI is InChI=1S/C10H14F2O2S/c11-10(12)5-9(6-10,8(13)14)7-2-1-3-15-4-7/h7H,1-6H2,(H,13,14). The lowest BCUT2D eigenvalue weighted by Gasteiger charge is -2.49. The van der Waals surface area contributed by atoms with Gasteiger partial charge < -0.3 is 5.11 Å². The Morgan fingerprint density at radius 1 is 1.40 bits per heavy atom. The molecule has 2 aliphatic rings. The number of halogens is 2. The second kappa shape index (κ2) is 3.61. The Labute approximate surface area is 91.4 Å². The molecule has 1 aliphatic heterocycles. The average Bonchev–Trinajstić information content (AvgIpc) is 2.14. The first kappa shape index (κ1) is 11.2. The van der Waals surface area contributed by atoms with Gasteiger partial charge in [-0.2, -0.15) is 11.8 Å². The highest BCUT2D eigenvalue weighted by molar-refractivity contribution is 7.99. The third kappa shape index (κ3) is 1.86. The lowest BCUT2D eigenvalue weighted by molar-refractivity contribution is -0.205. The van der Waals surface area contributed by atoms with Crippen LogP contribution in [0.2, 0.25) is 0 Å². The Kier molecular flexibility index (Phi) is 2.69. The smallest absolute Gasteiger partial charge is 0.310 e. The maximum absolute atomic E-state index is 12.9. The number of thioether (sulfide) groups is 1. The maximum atomic E-state index is 12.9. The zero-order valence-corrected chi connectivity index (χ0v) is 9.16. The number of hydrogen-bond acceptors (Lipinski definition) is 2. The summed E-state index contributed by atoms with van der Waals surface area (Å²) >= 11 is 1.69. The number of carboxylic acids is 1. The normalized spacial score (nSPS) is 33.1. The molecule has 0 aromatic carbocycles. The van der Waals surface area contributed by atoms with Gasteiger partial charge in [-0.15, -0.1) is 0 Å². The summed E-state index contributed by atoms with van der Waals surface area (Å²) in [6, 6.07) is 0. The number of alkyl halides is 2. The van der Waals surface area contributed by atoms with Crippen LogP contribution in [0, 0.1) is 11.3 Å². The van der Waals surface area contributed by atoms with Crippen molar-refractivity contribution in [2.75, 3.05) is 11.5 Å². The average molecular weight is 236 g/mol. The van der Waals surface area contributed by atoms with Crippen molar-refractivity contribution in [1.29, 1.82) is 0 Å². The van der Waals surface area contributed by atoms with E-state index < -0.39 is 30.1 Å². The molecule has 1 heterocycles. The van der Waals surface area contributed by atoms with E-state index in [9.17, 15) is 13.6 Å². The van der Waals surface area contributed by atoms with Crippen molar-refractivity contribution in [1.82, 2.24) is 0 Å². The molecule has 5 heteroatoms. The molecule has 1 unspecified atom stereocenters. The van der Waals surface area contributed by atoms with Crippen LogP contribution in [0.25, 0.3) is 0 Å². The lowest BCUT2D eigenvalue weighted by Crippen LogP contribution is -2.56. The fourth-order valence-electron chi connectivity index (χ4n) is 2.66. The summed E-state index contributed by atoms with van der Waals surface area (Å²) in [5.74, 6) is -2.08. The third-order valence-electron chi connectivity index (χ3n) is 3.52. The largest absolute Gasteiger partial charge is 0.481 e. The number of carbonyl (C=O) groups is 1. The van der Waals surface area contributed by atoms with E-state index in [2.05, 4.69) is 0 Å². The van der Waals surface area contributed by atoms with Crippen LogP contribution in [0.15, 0.2) is 0 Å². The van der Waals surface area contributed by atoms with Crippen molar-refractivity contribution in [2.24, 2.45) is 11.3 Å². The van der Waals surface area contributed by atoms with E-state index in [4.69, 9.17) is 5.11 Å². The molecule has 0 aromatic heterocycles. The summed E-state index contributed by atoms with van der Waals surface area (Å²) in [7, 11) is 0. The molecule has 2 rings (SSSR count). The van der Waals surface area contributed by atoms with Gasteiger partial charge >= 0.3 is 5.97 Å². The number of carboxylic acid groups (broad SMARTS) is 1. The fourth-order valence-corrected chi connectivity index (χ4v) is 3.97. The summed E-state index contributed by atoms with van der Waals surface area (Å²) in [6.07, 6.45) is 0.826. The SMILES string of the molecule is O=C(O)C1(C2CCCSC2)CC(F)(F)C1. The number of hydrogen-bond donors (Lipinski definition) is 1. The van der Waals surface area contributed by atoms with E-state index in [-0.39, 0.29) is 5.92 Å². The first-order valence-corrected chi connectivity index (χ1v) is 6.31. The zero-order valence-electron chi connectivity index (χ0n) is 8.34. The number of aliphatic carboxylic acids is 1. The van der Waals surface area contributed by atoms with Gasteiger partial charge in [0.05, 0.1) is 5.41 Å². The first-order chi connectivity index (χ1) is 6.96. The number of rotatable bonds is 2. The first-order valence-electron chi connectivity index (χ1n) is 5.15. The molecule has 0 radical (unpaired) electrons. The van der Waals surface area contributed by atoms with E-state index >= 15 is 0 Å². The molecule has 2 nitrogen and oxygen atoms in total. The minimum absolute atomic E-state index is 0.0617. The molecule has 1 aliphatic carbocycles. The Morgan fingerprint density at radius 2 is 2.07 bits per heavy atom. The summed E-state index contributed by atoms with van der Waals surface area (Å²) in [5.41, 5.74) is -1.13. The van der Waals surface area contributed by atoms with Crippen LogP contribution in [0.3, 0.4) is 0 Å².